The Morgan fingerprint density at radius 1 is 1.14 bits per heavy atom. The number of Topliss-reactive ketones (excluding diaryl/α,β-unsaturated/α-hetero) is 1. The van der Waals surface area contributed by atoms with E-state index >= 15 is 0 Å². The van der Waals surface area contributed by atoms with Gasteiger partial charge >= 0.3 is 0 Å². The summed E-state index contributed by atoms with van der Waals surface area (Å²) >= 11 is 5.88. The molecule has 0 radical (unpaired) electrons. The van der Waals surface area contributed by atoms with Crippen molar-refractivity contribution in [3.05, 3.63) is 58.6 Å². The van der Waals surface area contributed by atoms with E-state index in [0.29, 0.717) is 35.3 Å². The predicted octanol–water partition coefficient (Wildman–Crippen LogP) is 3.68. The molecule has 114 valence electrons. The zero-order valence-electron chi connectivity index (χ0n) is 12.0. The molecule has 0 saturated carbocycles. The van der Waals surface area contributed by atoms with Gasteiger partial charge in [0.15, 0.2) is 6.10 Å². The lowest BCUT2D eigenvalue weighted by Crippen LogP contribution is -2.12. The van der Waals surface area contributed by atoms with E-state index in [9.17, 15) is 4.79 Å². The molecule has 2 aromatic carbocycles. The Labute approximate surface area is 133 Å². The van der Waals surface area contributed by atoms with Crippen molar-refractivity contribution in [1.29, 1.82) is 0 Å². The molecule has 4 nitrogen and oxygen atoms in total. The summed E-state index contributed by atoms with van der Waals surface area (Å²) in [5, 5.41) is 0.621. The van der Waals surface area contributed by atoms with E-state index in [1.807, 2.05) is 0 Å². The molecule has 0 N–H and O–H groups in total. The van der Waals surface area contributed by atoms with Crippen molar-refractivity contribution in [2.75, 3.05) is 20.3 Å². The Bertz CT molecular complexity index is 682. The number of ether oxygens (including phenoxy) is 3. The van der Waals surface area contributed by atoms with E-state index in [1.54, 1.807) is 49.6 Å². The molecule has 0 fully saturated rings. The van der Waals surface area contributed by atoms with Gasteiger partial charge < -0.3 is 14.2 Å². The molecule has 0 amide bonds. The number of methoxy groups -OCH3 is 1. The molecule has 0 aromatic heterocycles. The van der Waals surface area contributed by atoms with Gasteiger partial charge in [-0.2, -0.15) is 0 Å². The number of hydrogen-bond acceptors (Lipinski definition) is 4. The fourth-order valence-corrected chi connectivity index (χ4v) is 2.50. The van der Waals surface area contributed by atoms with Crippen LogP contribution in [0, 0.1) is 0 Å². The smallest absolute Gasteiger partial charge is 0.215 e. The third-order valence-electron chi connectivity index (χ3n) is 3.44. The van der Waals surface area contributed by atoms with E-state index < -0.39 is 6.10 Å². The van der Waals surface area contributed by atoms with E-state index in [4.69, 9.17) is 25.8 Å². The summed E-state index contributed by atoms with van der Waals surface area (Å²) in [5.41, 5.74) is 1.26. The van der Waals surface area contributed by atoms with Crippen LogP contribution in [0.4, 0.5) is 0 Å². The van der Waals surface area contributed by atoms with Crippen LogP contribution in [0.15, 0.2) is 42.5 Å². The van der Waals surface area contributed by atoms with Crippen LogP contribution >= 0.6 is 11.6 Å². The fraction of sp³-hybridized carbons (Fsp3) is 0.235. The van der Waals surface area contributed by atoms with Gasteiger partial charge in [0.1, 0.15) is 23.7 Å². The standard InChI is InChI=1S/C17H15ClO4/c1-20-9-10-21-13-3-2-4-14-15(13)16(19)17(22-14)11-5-7-12(18)8-6-11/h2-8,17H,9-10H2,1H3. The third-order valence-corrected chi connectivity index (χ3v) is 3.69. The van der Waals surface area contributed by atoms with Gasteiger partial charge in [-0.25, -0.2) is 0 Å². The lowest BCUT2D eigenvalue weighted by Gasteiger charge is -2.09. The minimum Gasteiger partial charge on any atom is -0.490 e. The van der Waals surface area contributed by atoms with Crippen molar-refractivity contribution in [2.45, 2.75) is 6.10 Å². The van der Waals surface area contributed by atoms with Crippen molar-refractivity contribution in [1.82, 2.24) is 0 Å². The van der Waals surface area contributed by atoms with Crippen LogP contribution in [-0.2, 0) is 4.74 Å². The van der Waals surface area contributed by atoms with Gasteiger partial charge in [0, 0.05) is 17.7 Å². The summed E-state index contributed by atoms with van der Waals surface area (Å²) < 4.78 is 16.4. The number of carbonyl (C=O) groups is 1. The van der Waals surface area contributed by atoms with E-state index in [1.165, 1.54) is 0 Å². The quantitative estimate of drug-likeness (QED) is 0.789. The van der Waals surface area contributed by atoms with Crippen molar-refractivity contribution in [2.24, 2.45) is 0 Å². The maximum absolute atomic E-state index is 12.7. The Kier molecular flexibility index (Phi) is 4.32. The van der Waals surface area contributed by atoms with Gasteiger partial charge in [0.2, 0.25) is 5.78 Å². The second-order valence-corrected chi connectivity index (χ2v) is 5.32. The van der Waals surface area contributed by atoms with Crippen molar-refractivity contribution in [3.63, 3.8) is 0 Å². The van der Waals surface area contributed by atoms with E-state index in [0.717, 1.165) is 5.56 Å². The maximum Gasteiger partial charge on any atom is 0.215 e. The molecule has 0 aliphatic carbocycles. The lowest BCUT2D eigenvalue weighted by atomic mass is 10.0. The van der Waals surface area contributed by atoms with Gasteiger partial charge in [-0.15, -0.1) is 0 Å². The van der Waals surface area contributed by atoms with Crippen LogP contribution in [0.25, 0.3) is 0 Å². The summed E-state index contributed by atoms with van der Waals surface area (Å²) in [6.07, 6.45) is -0.653. The van der Waals surface area contributed by atoms with Crippen LogP contribution in [-0.4, -0.2) is 26.1 Å². The largest absolute Gasteiger partial charge is 0.490 e. The second-order valence-electron chi connectivity index (χ2n) is 4.88. The molecule has 1 aliphatic heterocycles. The third kappa shape index (κ3) is 2.80. The minimum atomic E-state index is -0.653. The average molecular weight is 319 g/mol. The predicted molar refractivity (Wildman–Crippen MR) is 83.0 cm³/mol. The van der Waals surface area contributed by atoms with E-state index in [-0.39, 0.29) is 5.78 Å². The summed E-state index contributed by atoms with van der Waals surface area (Å²) in [6, 6.07) is 12.4. The van der Waals surface area contributed by atoms with Crippen LogP contribution in [0.5, 0.6) is 11.5 Å². The van der Waals surface area contributed by atoms with E-state index in [2.05, 4.69) is 0 Å². The van der Waals surface area contributed by atoms with Crippen LogP contribution in [0.2, 0.25) is 5.02 Å². The Morgan fingerprint density at radius 2 is 1.91 bits per heavy atom. The summed E-state index contributed by atoms with van der Waals surface area (Å²) in [7, 11) is 1.60. The van der Waals surface area contributed by atoms with Crippen LogP contribution < -0.4 is 9.47 Å². The monoisotopic (exact) mass is 318 g/mol. The van der Waals surface area contributed by atoms with Crippen molar-refractivity contribution in [3.8, 4) is 11.5 Å². The van der Waals surface area contributed by atoms with Gasteiger partial charge in [0.05, 0.1) is 6.61 Å². The highest BCUT2D eigenvalue weighted by molar-refractivity contribution is 6.30. The molecule has 1 heterocycles. The second kappa shape index (κ2) is 6.38. The molecular weight excluding hydrogens is 304 g/mol. The lowest BCUT2D eigenvalue weighted by molar-refractivity contribution is 0.0854. The molecule has 22 heavy (non-hydrogen) atoms. The fourth-order valence-electron chi connectivity index (χ4n) is 2.38. The molecule has 5 heteroatoms. The molecule has 3 rings (SSSR count). The zero-order valence-corrected chi connectivity index (χ0v) is 12.8. The van der Waals surface area contributed by atoms with Crippen molar-refractivity contribution >= 4 is 17.4 Å². The minimum absolute atomic E-state index is 0.106. The van der Waals surface area contributed by atoms with Crippen LogP contribution in [0.1, 0.15) is 22.0 Å². The Balaban J connectivity index is 1.87. The first-order valence-electron chi connectivity index (χ1n) is 6.92. The highest BCUT2D eigenvalue weighted by Crippen LogP contribution is 2.41. The first-order chi connectivity index (χ1) is 10.7. The summed E-state index contributed by atoms with van der Waals surface area (Å²) in [4.78, 5) is 12.7. The molecule has 0 spiro atoms. The molecule has 0 bridgehead atoms. The molecule has 2 aromatic rings. The highest BCUT2D eigenvalue weighted by Gasteiger charge is 2.36. The summed E-state index contributed by atoms with van der Waals surface area (Å²) in [5.74, 6) is 0.959. The SMILES string of the molecule is COCCOc1cccc2c1C(=O)C(c1ccc(Cl)cc1)O2. The number of hydrogen-bond donors (Lipinski definition) is 0. The average Bonchev–Trinajstić information content (AvgIpc) is 2.86. The molecule has 1 unspecified atom stereocenters. The zero-order chi connectivity index (χ0) is 15.5. The van der Waals surface area contributed by atoms with Gasteiger partial charge in [0.25, 0.3) is 0 Å². The number of rotatable bonds is 5. The first kappa shape index (κ1) is 14.9. The normalized spacial score (nSPS) is 16.3. The number of halogens is 1. The summed E-state index contributed by atoms with van der Waals surface area (Å²) in [6.45, 7) is 0.838. The van der Waals surface area contributed by atoms with Crippen molar-refractivity contribution < 1.29 is 19.0 Å². The number of benzene rings is 2. The van der Waals surface area contributed by atoms with Gasteiger partial charge in [-0.05, 0) is 24.3 Å². The Hall–Kier alpha value is -2.04. The molecule has 1 atom stereocenters. The Morgan fingerprint density at radius 3 is 2.64 bits per heavy atom. The maximum atomic E-state index is 12.7. The topological polar surface area (TPSA) is 44.8 Å². The number of ketones is 1. The molecule has 1 aliphatic rings. The highest BCUT2D eigenvalue weighted by atomic mass is 35.5. The number of fused-ring (bicyclic) bond motifs is 1. The van der Waals surface area contributed by atoms with Crippen LogP contribution in [0.3, 0.4) is 0 Å². The first-order valence-corrected chi connectivity index (χ1v) is 7.29. The molecule has 0 saturated heterocycles. The molecular formula is C17H15ClO4. The van der Waals surface area contributed by atoms with Gasteiger partial charge in [-0.3, -0.25) is 4.79 Å². The van der Waals surface area contributed by atoms with Gasteiger partial charge in [-0.1, -0.05) is 29.8 Å². The number of carbonyl (C=O) groups excluding carboxylic acids is 1.